The number of thiazole rings is 1. The van der Waals surface area contributed by atoms with Gasteiger partial charge in [-0.3, -0.25) is 14.2 Å². The highest BCUT2D eigenvalue weighted by molar-refractivity contribution is 9.10. The van der Waals surface area contributed by atoms with Crippen molar-refractivity contribution >= 4 is 50.6 Å². The molecule has 2 bridgehead atoms. The highest BCUT2D eigenvalue weighted by Crippen LogP contribution is 2.64. The van der Waals surface area contributed by atoms with E-state index in [0.717, 1.165) is 26.0 Å². The van der Waals surface area contributed by atoms with E-state index in [0.29, 0.717) is 22.8 Å². The molecule has 1 aromatic heterocycles. The minimum Gasteiger partial charge on any atom is -0.497 e. The largest absolute Gasteiger partial charge is 0.497 e. The number of amides is 1. The van der Waals surface area contributed by atoms with Crippen molar-refractivity contribution in [2.24, 2.45) is 17.8 Å². The molecule has 1 amide bonds. The highest BCUT2D eigenvalue weighted by Gasteiger charge is 2.55. The van der Waals surface area contributed by atoms with Crippen molar-refractivity contribution in [1.82, 2.24) is 4.57 Å². The maximum Gasteiger partial charge on any atom is 0.308 e. The molecule has 5 nitrogen and oxygen atoms in total. The van der Waals surface area contributed by atoms with E-state index in [2.05, 4.69) is 45.5 Å². The predicted octanol–water partition coefficient (Wildman–Crippen LogP) is 5.97. The number of rotatable bonds is 5. The quantitative estimate of drug-likeness (QED) is 0.420. The summed E-state index contributed by atoms with van der Waals surface area (Å²) < 4.78 is 7.95. The van der Waals surface area contributed by atoms with Gasteiger partial charge in [-0.15, -0.1) is 11.8 Å². The number of nitrogens with one attached hydrogen (secondary N) is 1. The lowest BCUT2D eigenvalue weighted by molar-refractivity contribution is -0.116. The van der Waals surface area contributed by atoms with Crippen LogP contribution in [0.1, 0.15) is 35.6 Å². The Balaban J connectivity index is 1.34. The van der Waals surface area contributed by atoms with Gasteiger partial charge in [-0.25, -0.2) is 0 Å². The molecule has 1 aliphatic heterocycles. The number of halogens is 1. The number of thioether (sulfide) groups is 1. The van der Waals surface area contributed by atoms with Crippen LogP contribution in [0.5, 0.6) is 5.75 Å². The van der Waals surface area contributed by atoms with E-state index in [1.807, 2.05) is 23.9 Å². The lowest BCUT2D eigenvalue weighted by Crippen LogP contribution is -2.34. The molecular formula is C26H25BrN2O3S2. The van der Waals surface area contributed by atoms with E-state index in [-0.39, 0.29) is 23.2 Å². The van der Waals surface area contributed by atoms with Crippen molar-refractivity contribution < 1.29 is 9.53 Å². The third kappa shape index (κ3) is 3.84. The molecule has 0 spiro atoms. The molecule has 0 radical (unpaired) electrons. The van der Waals surface area contributed by atoms with Crippen molar-refractivity contribution in [3.05, 3.63) is 73.1 Å². The van der Waals surface area contributed by atoms with Crippen LogP contribution >= 0.6 is 39.0 Å². The van der Waals surface area contributed by atoms with Crippen LogP contribution in [-0.2, 0) is 11.3 Å². The number of nitrogens with zero attached hydrogens (tertiary/aromatic N) is 1. The van der Waals surface area contributed by atoms with Gasteiger partial charge in [-0.2, -0.15) is 0 Å². The van der Waals surface area contributed by atoms with Crippen molar-refractivity contribution in [3.63, 3.8) is 0 Å². The molecule has 2 aliphatic carbocycles. The Morgan fingerprint density at radius 2 is 1.97 bits per heavy atom. The first kappa shape index (κ1) is 22.4. The molecular weight excluding hydrogens is 532 g/mol. The van der Waals surface area contributed by atoms with E-state index in [4.69, 9.17) is 4.74 Å². The molecule has 34 heavy (non-hydrogen) atoms. The van der Waals surface area contributed by atoms with E-state index in [1.165, 1.54) is 36.2 Å². The topological polar surface area (TPSA) is 60.3 Å². The Morgan fingerprint density at radius 1 is 1.18 bits per heavy atom. The maximum absolute atomic E-state index is 13.2. The number of carbonyl (C=O) groups excluding carboxylic acids is 1. The van der Waals surface area contributed by atoms with Gasteiger partial charge in [0.2, 0.25) is 5.91 Å². The monoisotopic (exact) mass is 556 g/mol. The van der Waals surface area contributed by atoms with E-state index >= 15 is 0 Å². The van der Waals surface area contributed by atoms with E-state index < -0.39 is 0 Å². The average molecular weight is 558 g/mol. The summed E-state index contributed by atoms with van der Waals surface area (Å²) in [6.07, 6.45) is 3.88. The third-order valence-corrected chi connectivity index (χ3v) is 10.9. The summed E-state index contributed by atoms with van der Waals surface area (Å²) in [5, 5.41) is 4.44. The van der Waals surface area contributed by atoms with Gasteiger partial charge in [0, 0.05) is 26.2 Å². The summed E-state index contributed by atoms with van der Waals surface area (Å²) in [5.41, 5.74) is 1.96. The van der Waals surface area contributed by atoms with E-state index in [9.17, 15) is 9.59 Å². The lowest BCUT2D eigenvalue weighted by atomic mass is 9.75. The Bertz CT molecular complexity index is 1300. The van der Waals surface area contributed by atoms with Crippen molar-refractivity contribution in [2.45, 2.75) is 42.0 Å². The zero-order valence-corrected chi connectivity index (χ0v) is 21.9. The van der Waals surface area contributed by atoms with Crippen LogP contribution in [0, 0.1) is 17.8 Å². The molecule has 2 saturated carbocycles. The standard InChI is InChI=1S/C26H25BrN2O3S2/c1-32-19-9-7-18(8-10-19)28-20(30)13-29-25-24(34-26(29)31)22(14-3-2-4-17(27)12-14)21-15-5-6-16(11-15)23(21)33-25/h2-4,7-10,12,15-16,21-23H,5-6,11,13H2,1H3,(H,28,30). The van der Waals surface area contributed by atoms with Crippen LogP contribution in [0.2, 0.25) is 0 Å². The number of fused-ring (bicyclic) bond motifs is 6. The first-order valence-electron chi connectivity index (χ1n) is 11.6. The molecule has 2 aromatic carbocycles. The van der Waals surface area contributed by atoms with Gasteiger partial charge in [0.05, 0.1) is 12.1 Å². The van der Waals surface area contributed by atoms with Crippen molar-refractivity contribution in [1.29, 1.82) is 0 Å². The zero-order chi connectivity index (χ0) is 23.4. The van der Waals surface area contributed by atoms with Crippen LogP contribution < -0.4 is 14.9 Å². The third-order valence-electron chi connectivity index (χ3n) is 7.57. The smallest absolute Gasteiger partial charge is 0.308 e. The number of ether oxygens (including phenoxy) is 1. The molecule has 3 aromatic rings. The molecule has 1 N–H and O–H groups in total. The second-order valence-electron chi connectivity index (χ2n) is 9.43. The van der Waals surface area contributed by atoms with Crippen LogP contribution in [0.25, 0.3) is 0 Å². The highest BCUT2D eigenvalue weighted by atomic mass is 79.9. The Hall–Kier alpha value is -2.03. The number of hydrogen-bond donors (Lipinski definition) is 1. The van der Waals surface area contributed by atoms with Gasteiger partial charge in [0.25, 0.3) is 0 Å². The van der Waals surface area contributed by atoms with Gasteiger partial charge in [-0.05, 0) is 79.0 Å². The van der Waals surface area contributed by atoms with Crippen LogP contribution in [-0.4, -0.2) is 22.8 Å². The minimum atomic E-state index is -0.192. The number of methoxy groups -OCH3 is 1. The first-order chi connectivity index (χ1) is 16.5. The first-order valence-corrected chi connectivity index (χ1v) is 14.1. The number of benzene rings is 2. The minimum absolute atomic E-state index is 0.0282. The van der Waals surface area contributed by atoms with E-state index in [1.54, 1.807) is 23.8 Å². The Kier molecular flexibility index (Phi) is 5.86. The fourth-order valence-electron chi connectivity index (χ4n) is 6.18. The van der Waals surface area contributed by atoms with Crippen molar-refractivity contribution in [3.8, 4) is 5.75 Å². The summed E-state index contributed by atoms with van der Waals surface area (Å²) in [7, 11) is 1.61. The Labute approximate surface area is 215 Å². The second kappa shape index (κ2) is 8.88. The van der Waals surface area contributed by atoms with Gasteiger partial charge in [0.1, 0.15) is 12.3 Å². The average Bonchev–Trinajstić information content (AvgIpc) is 3.52. The summed E-state index contributed by atoms with van der Waals surface area (Å²) >= 11 is 6.83. The Morgan fingerprint density at radius 3 is 2.74 bits per heavy atom. The van der Waals surface area contributed by atoms with Gasteiger partial charge >= 0.3 is 4.87 Å². The summed E-state index contributed by atoms with van der Waals surface area (Å²) in [6.45, 7) is 0.0282. The summed E-state index contributed by atoms with van der Waals surface area (Å²) in [4.78, 5) is 27.2. The molecule has 176 valence electrons. The van der Waals surface area contributed by atoms with Crippen molar-refractivity contribution in [2.75, 3.05) is 12.4 Å². The molecule has 2 heterocycles. The van der Waals surface area contributed by atoms with Crippen LogP contribution in [0.3, 0.4) is 0 Å². The SMILES string of the molecule is COc1ccc(NC(=O)Cn2c3c(sc2=O)C(c2cccc(Br)c2)C2C4CCC(C4)C2S3)cc1. The molecule has 5 atom stereocenters. The molecule has 6 rings (SSSR count). The van der Waals surface area contributed by atoms with Crippen LogP contribution in [0.15, 0.2) is 62.8 Å². The fourth-order valence-corrected chi connectivity index (χ4v) is 9.75. The second-order valence-corrected chi connectivity index (χ2v) is 12.5. The number of anilines is 1. The zero-order valence-electron chi connectivity index (χ0n) is 18.7. The summed E-state index contributed by atoms with van der Waals surface area (Å²) in [5.74, 6) is 2.75. The number of aromatic nitrogens is 1. The van der Waals surface area contributed by atoms with Gasteiger partial charge < -0.3 is 10.1 Å². The fraction of sp³-hybridized carbons (Fsp3) is 0.385. The number of hydrogen-bond acceptors (Lipinski definition) is 5. The molecule has 5 unspecified atom stereocenters. The van der Waals surface area contributed by atoms with Crippen LogP contribution in [0.4, 0.5) is 5.69 Å². The molecule has 0 saturated heterocycles. The predicted molar refractivity (Wildman–Crippen MR) is 140 cm³/mol. The lowest BCUT2D eigenvalue weighted by Gasteiger charge is -2.40. The number of carbonyl (C=O) groups is 1. The van der Waals surface area contributed by atoms with Gasteiger partial charge in [0.15, 0.2) is 0 Å². The molecule has 8 heteroatoms. The molecule has 3 aliphatic rings. The molecule has 2 fully saturated rings. The van der Waals surface area contributed by atoms with Gasteiger partial charge in [-0.1, -0.05) is 39.4 Å². The maximum atomic E-state index is 13.2. The summed E-state index contributed by atoms with van der Waals surface area (Å²) in [6, 6.07) is 15.8. The normalized spacial score (nSPS) is 26.7.